The van der Waals surface area contributed by atoms with Crippen LogP contribution in [0.3, 0.4) is 0 Å². The average Bonchev–Trinajstić information content (AvgIpc) is 3.01. The van der Waals surface area contributed by atoms with Crippen molar-refractivity contribution < 1.29 is 22.4 Å². The number of amides is 2. The highest BCUT2D eigenvalue weighted by atomic mass is 35.5. The van der Waals surface area contributed by atoms with Gasteiger partial charge in [-0.2, -0.15) is 0 Å². The van der Waals surface area contributed by atoms with Crippen molar-refractivity contribution in [3.63, 3.8) is 0 Å². The maximum atomic E-state index is 14.3. The molecule has 43 heavy (non-hydrogen) atoms. The first-order chi connectivity index (χ1) is 20.6. The molecule has 7 nitrogen and oxygen atoms in total. The molecular weight excluding hydrogens is 612 g/mol. The van der Waals surface area contributed by atoms with Gasteiger partial charge in [0.05, 0.1) is 15.6 Å². The summed E-state index contributed by atoms with van der Waals surface area (Å²) in [6, 6.07) is 25.6. The van der Waals surface area contributed by atoms with E-state index in [-0.39, 0.29) is 33.6 Å². The van der Waals surface area contributed by atoms with Crippen molar-refractivity contribution in [2.24, 2.45) is 0 Å². The third kappa shape index (κ3) is 8.13. The molecule has 0 radical (unpaired) electrons. The molecule has 0 aliphatic carbocycles. The van der Waals surface area contributed by atoms with Crippen molar-refractivity contribution in [1.29, 1.82) is 0 Å². The molecule has 2 amide bonds. The molecule has 1 atom stereocenters. The van der Waals surface area contributed by atoms with Crippen LogP contribution in [-0.2, 0) is 32.6 Å². The van der Waals surface area contributed by atoms with Gasteiger partial charge < -0.3 is 10.2 Å². The van der Waals surface area contributed by atoms with Crippen molar-refractivity contribution in [2.75, 3.05) is 17.4 Å². The molecule has 1 N–H and O–H groups in total. The van der Waals surface area contributed by atoms with E-state index in [2.05, 4.69) is 5.32 Å². The minimum absolute atomic E-state index is 0.00530. The predicted molar refractivity (Wildman–Crippen MR) is 167 cm³/mol. The second kappa shape index (κ2) is 14.5. The van der Waals surface area contributed by atoms with Gasteiger partial charge in [-0.3, -0.25) is 13.9 Å². The lowest BCUT2D eigenvalue weighted by Gasteiger charge is -2.34. The van der Waals surface area contributed by atoms with Crippen LogP contribution in [0.2, 0.25) is 10.0 Å². The number of hydrogen-bond acceptors (Lipinski definition) is 4. The summed E-state index contributed by atoms with van der Waals surface area (Å²) in [5, 5.41) is 3.07. The number of benzene rings is 4. The summed E-state index contributed by atoms with van der Waals surface area (Å²) in [4.78, 5) is 29.0. The molecule has 0 saturated carbocycles. The van der Waals surface area contributed by atoms with Crippen LogP contribution in [0.15, 0.2) is 108 Å². The van der Waals surface area contributed by atoms with Crippen molar-refractivity contribution in [1.82, 2.24) is 10.2 Å². The maximum Gasteiger partial charge on any atom is 0.264 e. The van der Waals surface area contributed by atoms with Crippen LogP contribution in [0.4, 0.5) is 10.1 Å². The monoisotopic (exact) mass is 641 g/mol. The molecule has 0 spiro atoms. The zero-order valence-electron chi connectivity index (χ0n) is 23.3. The highest BCUT2D eigenvalue weighted by molar-refractivity contribution is 7.92. The number of nitrogens with one attached hydrogen (secondary N) is 1. The van der Waals surface area contributed by atoms with Gasteiger partial charge in [-0.05, 0) is 60.5 Å². The first-order valence-corrected chi connectivity index (χ1v) is 15.7. The maximum absolute atomic E-state index is 14.3. The number of sulfonamides is 1. The third-order valence-electron chi connectivity index (χ3n) is 6.68. The van der Waals surface area contributed by atoms with E-state index in [1.165, 1.54) is 59.5 Å². The summed E-state index contributed by atoms with van der Waals surface area (Å²) >= 11 is 12.7. The van der Waals surface area contributed by atoms with Crippen LogP contribution in [0.5, 0.6) is 0 Å². The fourth-order valence-electron chi connectivity index (χ4n) is 4.54. The number of rotatable bonds is 12. The molecule has 0 aliphatic heterocycles. The zero-order valence-corrected chi connectivity index (χ0v) is 25.6. The fraction of sp³-hybridized carbons (Fsp3) is 0.188. The number of nitrogens with zero attached hydrogens (tertiary/aromatic N) is 2. The highest BCUT2D eigenvalue weighted by Gasteiger charge is 2.35. The fourth-order valence-corrected chi connectivity index (χ4v) is 6.42. The summed E-state index contributed by atoms with van der Waals surface area (Å²) in [7, 11) is -4.32. The first-order valence-electron chi connectivity index (χ1n) is 13.5. The molecule has 0 heterocycles. The third-order valence-corrected chi connectivity index (χ3v) is 9.00. The molecule has 0 fully saturated rings. The quantitative estimate of drug-likeness (QED) is 0.202. The summed E-state index contributed by atoms with van der Waals surface area (Å²) in [6.45, 7) is 1.30. The second-order valence-electron chi connectivity index (χ2n) is 9.67. The predicted octanol–water partition coefficient (Wildman–Crippen LogP) is 6.10. The van der Waals surface area contributed by atoms with Crippen molar-refractivity contribution in [3.05, 3.63) is 130 Å². The number of carbonyl (C=O) groups excluding carboxylic acids is 2. The molecule has 224 valence electrons. The second-order valence-corrected chi connectivity index (χ2v) is 12.4. The molecule has 0 aliphatic rings. The normalized spacial score (nSPS) is 11.9. The SMILES string of the molecule is CCNC(=O)[C@@H](Cc1ccccc1)N(Cc1ccc(F)cc1)C(=O)CN(c1cc(Cl)ccc1Cl)S(=O)(=O)c1ccccc1. The van der Waals surface area contributed by atoms with Gasteiger partial charge >= 0.3 is 0 Å². The number of carbonyl (C=O) groups is 2. The summed E-state index contributed by atoms with van der Waals surface area (Å²) in [5.74, 6) is -1.55. The Kier molecular flexibility index (Phi) is 10.8. The molecule has 11 heteroatoms. The highest BCUT2D eigenvalue weighted by Crippen LogP contribution is 2.33. The molecule has 0 unspecified atom stereocenters. The first kappa shape index (κ1) is 32.0. The average molecular weight is 643 g/mol. The largest absolute Gasteiger partial charge is 0.355 e. The summed E-state index contributed by atoms with van der Waals surface area (Å²) in [6.07, 6.45) is 0.156. The van der Waals surface area contributed by atoms with E-state index < -0.39 is 40.2 Å². The summed E-state index contributed by atoms with van der Waals surface area (Å²) in [5.41, 5.74) is 1.35. The van der Waals surface area contributed by atoms with Crippen LogP contribution in [0, 0.1) is 5.82 Å². The number of hydrogen-bond donors (Lipinski definition) is 1. The Bertz CT molecular complexity index is 1660. The standard InChI is InChI=1S/C32H30Cl2FN3O4S/c1-2-36-32(40)30(19-23-9-5-3-6-10-23)37(21-24-13-16-26(35)17-14-24)31(39)22-38(29-20-25(33)15-18-28(29)34)43(41,42)27-11-7-4-8-12-27/h3-18,20,30H,2,19,21-22H2,1H3,(H,36,40)/t30-/m1/s1. The van der Waals surface area contributed by atoms with Crippen molar-refractivity contribution in [2.45, 2.75) is 30.8 Å². The van der Waals surface area contributed by atoms with Gasteiger partial charge in [-0.15, -0.1) is 0 Å². The lowest BCUT2D eigenvalue weighted by atomic mass is 10.0. The van der Waals surface area contributed by atoms with E-state index in [9.17, 15) is 22.4 Å². The molecule has 0 bridgehead atoms. The van der Waals surface area contributed by atoms with E-state index >= 15 is 0 Å². The Morgan fingerprint density at radius 2 is 1.49 bits per heavy atom. The Balaban J connectivity index is 1.81. The van der Waals surface area contributed by atoms with Crippen LogP contribution in [0.1, 0.15) is 18.1 Å². The lowest BCUT2D eigenvalue weighted by Crippen LogP contribution is -2.53. The van der Waals surface area contributed by atoms with Gasteiger partial charge in [-0.1, -0.05) is 83.9 Å². The lowest BCUT2D eigenvalue weighted by molar-refractivity contribution is -0.140. The Hall–Kier alpha value is -3.92. The number of likely N-dealkylation sites (N-methyl/N-ethyl adjacent to an activating group) is 1. The van der Waals surface area contributed by atoms with E-state index in [4.69, 9.17) is 23.2 Å². The molecular formula is C32H30Cl2FN3O4S. The van der Waals surface area contributed by atoms with Crippen molar-refractivity contribution >= 4 is 50.7 Å². The van der Waals surface area contributed by atoms with Gasteiger partial charge in [0.1, 0.15) is 18.4 Å². The molecule has 0 aromatic heterocycles. The van der Waals surface area contributed by atoms with Gasteiger partial charge in [0.25, 0.3) is 10.0 Å². The van der Waals surface area contributed by atoms with Gasteiger partial charge in [0.15, 0.2) is 0 Å². The number of anilines is 1. The molecule has 0 saturated heterocycles. The van der Waals surface area contributed by atoms with E-state index in [0.717, 1.165) is 9.87 Å². The summed E-state index contributed by atoms with van der Waals surface area (Å²) < 4.78 is 42.6. The smallest absolute Gasteiger partial charge is 0.264 e. The Labute approximate surface area is 260 Å². The Morgan fingerprint density at radius 1 is 0.860 bits per heavy atom. The van der Waals surface area contributed by atoms with E-state index in [1.54, 1.807) is 25.1 Å². The minimum atomic E-state index is -4.32. The zero-order chi connectivity index (χ0) is 31.0. The van der Waals surface area contributed by atoms with Crippen LogP contribution in [-0.4, -0.2) is 44.3 Å². The van der Waals surface area contributed by atoms with E-state index in [0.29, 0.717) is 12.1 Å². The van der Waals surface area contributed by atoms with E-state index in [1.807, 2.05) is 30.3 Å². The molecule has 4 aromatic carbocycles. The Morgan fingerprint density at radius 3 is 2.12 bits per heavy atom. The molecule has 4 rings (SSSR count). The van der Waals surface area contributed by atoms with Crippen LogP contribution < -0.4 is 9.62 Å². The van der Waals surface area contributed by atoms with Crippen molar-refractivity contribution in [3.8, 4) is 0 Å². The number of halogens is 3. The topological polar surface area (TPSA) is 86.8 Å². The minimum Gasteiger partial charge on any atom is -0.355 e. The van der Waals surface area contributed by atoms with Gasteiger partial charge in [0, 0.05) is 24.5 Å². The molecule has 4 aromatic rings. The van der Waals surface area contributed by atoms with Crippen LogP contribution in [0.25, 0.3) is 0 Å². The van der Waals surface area contributed by atoms with Gasteiger partial charge in [0.2, 0.25) is 11.8 Å². The van der Waals surface area contributed by atoms with Gasteiger partial charge in [-0.25, -0.2) is 12.8 Å². The van der Waals surface area contributed by atoms with Crippen LogP contribution >= 0.6 is 23.2 Å².